The number of halogens is 1. The minimum absolute atomic E-state index is 0.0506. The van der Waals surface area contributed by atoms with E-state index < -0.39 is 0 Å². The summed E-state index contributed by atoms with van der Waals surface area (Å²) in [6, 6.07) is 20.3. The van der Waals surface area contributed by atoms with Crippen LogP contribution in [0.3, 0.4) is 0 Å². The number of hydrogen-bond donors (Lipinski definition) is 1. The molecule has 1 aromatic heterocycles. The monoisotopic (exact) mass is 426 g/mol. The van der Waals surface area contributed by atoms with Crippen molar-refractivity contribution in [3.63, 3.8) is 0 Å². The highest BCUT2D eigenvalue weighted by Crippen LogP contribution is 2.13. The molecule has 0 aliphatic carbocycles. The molecule has 0 aliphatic heterocycles. The van der Waals surface area contributed by atoms with E-state index >= 15 is 0 Å². The van der Waals surface area contributed by atoms with Crippen LogP contribution in [0.25, 0.3) is 0 Å². The molecule has 0 bridgehead atoms. The Morgan fingerprint density at radius 1 is 0.963 bits per heavy atom. The third kappa shape index (κ3) is 5.82. The van der Waals surface area contributed by atoms with Gasteiger partial charge in [-0.05, 0) is 42.0 Å². The first-order chi connectivity index (χ1) is 13.1. The summed E-state index contributed by atoms with van der Waals surface area (Å²) < 4.78 is 6.30. The lowest BCUT2D eigenvalue weighted by Gasteiger charge is -2.21. The second kappa shape index (κ2) is 9.19. The SMILES string of the molecule is O=C(CN(Cc1ccco1)C(=O)Cc1ccc(Br)cc1)Nc1ccccc1. The number of carbonyl (C=O) groups excluding carboxylic acids is 2. The molecule has 0 aliphatic rings. The van der Waals surface area contributed by atoms with Crippen molar-refractivity contribution >= 4 is 33.4 Å². The summed E-state index contributed by atoms with van der Waals surface area (Å²) in [7, 11) is 0. The summed E-state index contributed by atoms with van der Waals surface area (Å²) in [6.07, 6.45) is 1.77. The maximum absolute atomic E-state index is 12.8. The van der Waals surface area contributed by atoms with E-state index in [1.165, 1.54) is 4.90 Å². The van der Waals surface area contributed by atoms with E-state index in [1.54, 1.807) is 30.5 Å². The van der Waals surface area contributed by atoms with Crippen molar-refractivity contribution in [3.05, 3.63) is 88.8 Å². The summed E-state index contributed by atoms with van der Waals surface area (Å²) in [5.41, 5.74) is 1.58. The number of benzene rings is 2. The van der Waals surface area contributed by atoms with Gasteiger partial charge in [-0.15, -0.1) is 0 Å². The predicted octanol–water partition coefficient (Wildman–Crippen LogP) is 4.25. The molecule has 2 aromatic carbocycles. The summed E-state index contributed by atoms with van der Waals surface area (Å²) >= 11 is 3.38. The zero-order valence-electron chi connectivity index (χ0n) is 14.6. The molecular formula is C21H19BrN2O3. The van der Waals surface area contributed by atoms with Crippen molar-refractivity contribution in [1.29, 1.82) is 0 Å². The minimum atomic E-state index is -0.253. The number of para-hydroxylation sites is 1. The van der Waals surface area contributed by atoms with Crippen molar-refractivity contribution in [1.82, 2.24) is 4.90 Å². The van der Waals surface area contributed by atoms with Crippen LogP contribution in [-0.4, -0.2) is 23.3 Å². The second-order valence-electron chi connectivity index (χ2n) is 6.05. The largest absolute Gasteiger partial charge is 0.467 e. The summed E-state index contributed by atoms with van der Waals surface area (Å²) in [5.74, 6) is 0.237. The molecule has 0 radical (unpaired) electrons. The van der Waals surface area contributed by atoms with Crippen molar-refractivity contribution in [2.24, 2.45) is 0 Å². The van der Waals surface area contributed by atoms with E-state index in [0.29, 0.717) is 11.4 Å². The molecule has 5 nitrogen and oxygen atoms in total. The normalized spacial score (nSPS) is 10.4. The Morgan fingerprint density at radius 3 is 2.37 bits per heavy atom. The van der Waals surface area contributed by atoms with Crippen LogP contribution in [0.15, 0.2) is 81.9 Å². The van der Waals surface area contributed by atoms with E-state index in [4.69, 9.17) is 4.42 Å². The van der Waals surface area contributed by atoms with Crippen LogP contribution in [0.2, 0.25) is 0 Å². The third-order valence-corrected chi connectivity index (χ3v) is 4.47. The van der Waals surface area contributed by atoms with Gasteiger partial charge in [0.05, 0.1) is 19.2 Å². The maximum Gasteiger partial charge on any atom is 0.244 e. The van der Waals surface area contributed by atoms with Crippen molar-refractivity contribution in [2.45, 2.75) is 13.0 Å². The number of amides is 2. The number of furan rings is 1. The van der Waals surface area contributed by atoms with Gasteiger partial charge in [0.25, 0.3) is 0 Å². The third-order valence-electron chi connectivity index (χ3n) is 3.94. The van der Waals surface area contributed by atoms with Crippen LogP contribution in [-0.2, 0) is 22.6 Å². The predicted molar refractivity (Wildman–Crippen MR) is 107 cm³/mol. The van der Waals surface area contributed by atoms with Gasteiger partial charge in [-0.25, -0.2) is 0 Å². The maximum atomic E-state index is 12.8. The summed E-state index contributed by atoms with van der Waals surface area (Å²) in [5, 5.41) is 2.81. The standard InChI is InChI=1S/C21H19BrN2O3/c22-17-10-8-16(9-11-17)13-21(26)24(14-19-7-4-12-27-19)15-20(25)23-18-5-2-1-3-6-18/h1-12H,13-15H2,(H,23,25). The van der Waals surface area contributed by atoms with Crippen molar-refractivity contribution in [2.75, 3.05) is 11.9 Å². The fourth-order valence-corrected chi connectivity index (χ4v) is 2.87. The number of anilines is 1. The zero-order valence-corrected chi connectivity index (χ0v) is 16.2. The number of carbonyl (C=O) groups is 2. The molecule has 0 spiro atoms. The van der Waals surface area contributed by atoms with E-state index in [-0.39, 0.29) is 31.3 Å². The number of nitrogens with one attached hydrogen (secondary N) is 1. The lowest BCUT2D eigenvalue weighted by Crippen LogP contribution is -2.38. The van der Waals surface area contributed by atoms with Gasteiger partial charge in [-0.1, -0.05) is 46.3 Å². The average molecular weight is 427 g/mol. The summed E-state index contributed by atoms with van der Waals surface area (Å²) in [6.45, 7) is 0.190. The summed E-state index contributed by atoms with van der Waals surface area (Å²) in [4.78, 5) is 26.7. The molecule has 1 N–H and O–H groups in total. The Morgan fingerprint density at radius 2 is 1.70 bits per heavy atom. The number of rotatable bonds is 7. The number of hydrogen-bond acceptors (Lipinski definition) is 3. The van der Waals surface area contributed by atoms with Gasteiger partial charge < -0.3 is 14.6 Å². The molecule has 0 fully saturated rings. The molecule has 138 valence electrons. The van der Waals surface area contributed by atoms with Gasteiger partial charge in [-0.2, -0.15) is 0 Å². The Hall–Kier alpha value is -2.86. The Bertz CT molecular complexity index is 878. The molecular weight excluding hydrogens is 408 g/mol. The van der Waals surface area contributed by atoms with E-state index in [2.05, 4.69) is 21.2 Å². The average Bonchev–Trinajstić information content (AvgIpc) is 3.17. The van der Waals surface area contributed by atoms with Crippen molar-refractivity contribution < 1.29 is 14.0 Å². The van der Waals surface area contributed by atoms with Gasteiger partial charge in [-0.3, -0.25) is 9.59 Å². The highest BCUT2D eigenvalue weighted by molar-refractivity contribution is 9.10. The van der Waals surface area contributed by atoms with Gasteiger partial charge in [0.15, 0.2) is 0 Å². The Kier molecular flexibility index (Phi) is 6.44. The second-order valence-corrected chi connectivity index (χ2v) is 6.96. The highest BCUT2D eigenvalue weighted by Gasteiger charge is 2.19. The van der Waals surface area contributed by atoms with Crippen LogP contribution >= 0.6 is 15.9 Å². The molecule has 6 heteroatoms. The van der Waals surface area contributed by atoms with Gasteiger partial charge in [0.1, 0.15) is 12.3 Å². The topological polar surface area (TPSA) is 62.6 Å². The number of nitrogens with zero attached hydrogens (tertiary/aromatic N) is 1. The van der Waals surface area contributed by atoms with E-state index in [9.17, 15) is 9.59 Å². The van der Waals surface area contributed by atoms with Crippen molar-refractivity contribution in [3.8, 4) is 0 Å². The Labute approximate surface area is 166 Å². The first kappa shape index (κ1) is 18.9. The van der Waals surface area contributed by atoms with Gasteiger partial charge in [0, 0.05) is 10.2 Å². The molecule has 0 saturated heterocycles. The molecule has 3 rings (SSSR count). The fourth-order valence-electron chi connectivity index (χ4n) is 2.61. The first-order valence-corrected chi connectivity index (χ1v) is 9.29. The molecule has 2 amide bonds. The molecule has 0 saturated carbocycles. The quantitative estimate of drug-likeness (QED) is 0.613. The van der Waals surface area contributed by atoms with Crippen LogP contribution in [0, 0.1) is 0 Å². The highest BCUT2D eigenvalue weighted by atomic mass is 79.9. The smallest absolute Gasteiger partial charge is 0.244 e. The van der Waals surface area contributed by atoms with Crippen LogP contribution in [0.5, 0.6) is 0 Å². The molecule has 1 heterocycles. The molecule has 0 unspecified atom stereocenters. The Balaban J connectivity index is 1.68. The molecule has 27 heavy (non-hydrogen) atoms. The van der Waals surface area contributed by atoms with E-state index in [0.717, 1.165) is 10.0 Å². The molecule has 3 aromatic rings. The lowest BCUT2D eigenvalue weighted by atomic mass is 10.1. The van der Waals surface area contributed by atoms with Gasteiger partial charge >= 0.3 is 0 Å². The van der Waals surface area contributed by atoms with Gasteiger partial charge in [0.2, 0.25) is 11.8 Å². The van der Waals surface area contributed by atoms with Crippen LogP contribution in [0.1, 0.15) is 11.3 Å². The lowest BCUT2D eigenvalue weighted by molar-refractivity contribution is -0.134. The molecule has 0 atom stereocenters. The fraction of sp³-hybridized carbons (Fsp3) is 0.143. The van der Waals surface area contributed by atoms with Crippen LogP contribution < -0.4 is 5.32 Å². The zero-order chi connectivity index (χ0) is 19.1. The first-order valence-electron chi connectivity index (χ1n) is 8.49. The van der Waals surface area contributed by atoms with E-state index in [1.807, 2.05) is 42.5 Å². The minimum Gasteiger partial charge on any atom is -0.467 e. The van der Waals surface area contributed by atoms with Crippen LogP contribution in [0.4, 0.5) is 5.69 Å².